The average Bonchev–Trinajstić information content (AvgIpc) is 2.39. The number of rotatable bonds is 3. The molecule has 2 aliphatic heterocycles. The van der Waals surface area contributed by atoms with Gasteiger partial charge in [0.2, 0.25) is 15.9 Å². The lowest BCUT2D eigenvalue weighted by Gasteiger charge is -2.49. The lowest BCUT2D eigenvalue weighted by molar-refractivity contribution is -0.148. The molecule has 2 heterocycles. The van der Waals surface area contributed by atoms with Crippen molar-refractivity contribution in [3.05, 3.63) is 0 Å². The van der Waals surface area contributed by atoms with E-state index in [0.29, 0.717) is 13.2 Å². The number of sulfonamides is 1. The third-order valence-corrected chi connectivity index (χ3v) is 5.63. The van der Waals surface area contributed by atoms with Crippen molar-refractivity contribution >= 4 is 15.9 Å². The van der Waals surface area contributed by atoms with Crippen LogP contribution >= 0.6 is 0 Å². The summed E-state index contributed by atoms with van der Waals surface area (Å²) in [5, 5.41) is 0. The Morgan fingerprint density at radius 3 is 2.60 bits per heavy atom. The van der Waals surface area contributed by atoms with Crippen LogP contribution in [0.2, 0.25) is 0 Å². The Kier molecular flexibility index (Phi) is 4.71. The van der Waals surface area contributed by atoms with Crippen LogP contribution in [0.3, 0.4) is 0 Å². The maximum Gasteiger partial charge on any atom is 0.238 e. The number of hydrogen-bond donors (Lipinski definition) is 0. The number of likely N-dealkylation sites (N-methyl/N-ethyl adjacent to an activating group) is 1. The zero-order valence-electron chi connectivity index (χ0n) is 12.3. The molecule has 0 radical (unpaired) electrons. The van der Waals surface area contributed by atoms with Crippen LogP contribution < -0.4 is 0 Å². The van der Waals surface area contributed by atoms with Crippen molar-refractivity contribution < 1.29 is 17.9 Å². The average molecular weight is 304 g/mol. The van der Waals surface area contributed by atoms with Gasteiger partial charge in [-0.05, 0) is 32.1 Å². The van der Waals surface area contributed by atoms with Crippen LogP contribution in [0, 0.1) is 0 Å². The quantitative estimate of drug-likeness (QED) is 0.759. The summed E-state index contributed by atoms with van der Waals surface area (Å²) < 4.78 is 29.6. The van der Waals surface area contributed by atoms with E-state index < -0.39 is 10.0 Å². The van der Waals surface area contributed by atoms with Gasteiger partial charge >= 0.3 is 0 Å². The van der Waals surface area contributed by atoms with Gasteiger partial charge in [0.1, 0.15) is 0 Å². The fraction of sp³-hybridized carbons (Fsp3) is 0.923. The molecule has 7 heteroatoms. The summed E-state index contributed by atoms with van der Waals surface area (Å²) in [5.41, 5.74) is -0.202. The minimum absolute atomic E-state index is 0.0828. The molecule has 1 amide bonds. The molecule has 1 atom stereocenters. The second-order valence-electron chi connectivity index (χ2n) is 5.90. The second kappa shape index (κ2) is 5.99. The van der Waals surface area contributed by atoms with E-state index in [4.69, 9.17) is 4.74 Å². The number of carbonyl (C=O) groups excluding carboxylic acids is 1. The van der Waals surface area contributed by atoms with Crippen molar-refractivity contribution in [2.75, 3.05) is 39.6 Å². The van der Waals surface area contributed by atoms with Gasteiger partial charge in [-0.15, -0.1) is 0 Å². The molecular weight excluding hydrogens is 280 g/mol. The first-order chi connectivity index (χ1) is 9.35. The molecule has 6 nitrogen and oxygen atoms in total. The maximum atomic E-state index is 12.5. The molecule has 2 fully saturated rings. The van der Waals surface area contributed by atoms with Crippen molar-refractivity contribution in [2.24, 2.45) is 0 Å². The van der Waals surface area contributed by atoms with E-state index in [9.17, 15) is 13.2 Å². The number of amides is 1. The van der Waals surface area contributed by atoms with E-state index in [-0.39, 0.29) is 18.0 Å². The number of likely N-dealkylation sites (tertiary alicyclic amines) is 1. The molecule has 0 N–H and O–H groups in total. The normalized spacial score (nSPS) is 28.1. The van der Waals surface area contributed by atoms with Gasteiger partial charge < -0.3 is 9.64 Å². The number of carbonyl (C=O) groups is 1. The summed E-state index contributed by atoms with van der Waals surface area (Å²) in [6, 6.07) is 0. The summed E-state index contributed by atoms with van der Waals surface area (Å²) >= 11 is 0. The summed E-state index contributed by atoms with van der Waals surface area (Å²) in [6.45, 7) is 1.97. The molecule has 0 aromatic heterocycles. The van der Waals surface area contributed by atoms with E-state index in [1.807, 2.05) is 4.90 Å². The van der Waals surface area contributed by atoms with Crippen LogP contribution in [0.1, 0.15) is 32.1 Å². The first-order valence-electron chi connectivity index (χ1n) is 7.15. The van der Waals surface area contributed by atoms with Gasteiger partial charge in [0.15, 0.2) is 0 Å². The van der Waals surface area contributed by atoms with Crippen LogP contribution in [-0.4, -0.2) is 68.7 Å². The van der Waals surface area contributed by atoms with Gasteiger partial charge in [0.05, 0.1) is 24.9 Å². The predicted molar refractivity (Wildman–Crippen MR) is 75.8 cm³/mol. The molecule has 0 aromatic carbocycles. The molecule has 0 saturated carbocycles. The zero-order valence-corrected chi connectivity index (χ0v) is 13.1. The molecule has 2 rings (SSSR count). The molecule has 2 saturated heterocycles. The van der Waals surface area contributed by atoms with Gasteiger partial charge in [0, 0.05) is 20.2 Å². The highest BCUT2D eigenvalue weighted by Crippen LogP contribution is 2.35. The topological polar surface area (TPSA) is 66.9 Å². The molecule has 20 heavy (non-hydrogen) atoms. The summed E-state index contributed by atoms with van der Waals surface area (Å²) in [4.78, 5) is 14.4. The van der Waals surface area contributed by atoms with E-state index in [2.05, 4.69) is 0 Å². The minimum atomic E-state index is -3.32. The highest BCUT2D eigenvalue weighted by Gasteiger charge is 2.43. The van der Waals surface area contributed by atoms with Crippen molar-refractivity contribution in [3.63, 3.8) is 0 Å². The lowest BCUT2D eigenvalue weighted by Crippen LogP contribution is -2.60. The van der Waals surface area contributed by atoms with Crippen LogP contribution in [0.5, 0.6) is 0 Å². The smallest absolute Gasteiger partial charge is 0.238 e. The molecule has 0 aromatic rings. The molecule has 0 unspecified atom stereocenters. The van der Waals surface area contributed by atoms with E-state index in [1.165, 1.54) is 7.05 Å². The van der Waals surface area contributed by atoms with Gasteiger partial charge in [-0.3, -0.25) is 4.79 Å². The highest BCUT2D eigenvalue weighted by molar-refractivity contribution is 7.88. The van der Waals surface area contributed by atoms with E-state index >= 15 is 0 Å². The van der Waals surface area contributed by atoms with E-state index in [0.717, 1.165) is 49.3 Å². The molecule has 1 spiro atoms. The number of piperidine rings is 1. The highest BCUT2D eigenvalue weighted by atomic mass is 32.2. The third-order valence-electron chi connectivity index (χ3n) is 4.37. The summed E-state index contributed by atoms with van der Waals surface area (Å²) in [5.74, 6) is -0.108. The largest absolute Gasteiger partial charge is 0.379 e. The third kappa shape index (κ3) is 3.32. The Balaban J connectivity index is 2.10. The van der Waals surface area contributed by atoms with Gasteiger partial charge in [-0.1, -0.05) is 0 Å². The number of ether oxygens (including phenoxy) is 1. The Bertz CT molecular complexity index is 449. The summed E-state index contributed by atoms with van der Waals surface area (Å²) in [7, 11) is -1.88. The lowest BCUT2D eigenvalue weighted by atomic mass is 9.82. The first kappa shape index (κ1) is 15.7. The van der Waals surface area contributed by atoms with Crippen molar-refractivity contribution in [1.82, 2.24) is 9.21 Å². The summed E-state index contributed by atoms with van der Waals surface area (Å²) in [6.07, 6.45) is 6.09. The molecule has 2 aliphatic rings. The van der Waals surface area contributed by atoms with Crippen LogP contribution in [0.4, 0.5) is 0 Å². The number of nitrogens with zero attached hydrogens (tertiary/aromatic N) is 2. The maximum absolute atomic E-state index is 12.5. The SMILES string of the molecule is CN(CC(=O)N1CCCC[C@@]12CCCOC2)S(C)(=O)=O. The Morgan fingerprint density at radius 2 is 2.00 bits per heavy atom. The Hall–Kier alpha value is -0.660. The fourth-order valence-electron chi connectivity index (χ4n) is 3.13. The van der Waals surface area contributed by atoms with Gasteiger partial charge in [-0.2, -0.15) is 4.31 Å². The monoisotopic (exact) mass is 304 g/mol. The van der Waals surface area contributed by atoms with Crippen LogP contribution in [-0.2, 0) is 19.6 Å². The van der Waals surface area contributed by atoms with Gasteiger partial charge in [-0.25, -0.2) is 8.42 Å². The van der Waals surface area contributed by atoms with E-state index in [1.54, 1.807) is 0 Å². The first-order valence-corrected chi connectivity index (χ1v) is 9.00. The fourth-order valence-corrected chi connectivity index (χ4v) is 3.47. The van der Waals surface area contributed by atoms with Crippen molar-refractivity contribution in [2.45, 2.75) is 37.6 Å². The number of hydrogen-bond acceptors (Lipinski definition) is 4. The Labute approximate surface area is 121 Å². The predicted octanol–water partition coefficient (Wildman–Crippen LogP) is 0.440. The second-order valence-corrected chi connectivity index (χ2v) is 7.99. The molecule has 0 bridgehead atoms. The zero-order chi connectivity index (χ0) is 14.8. The molecule has 0 aliphatic carbocycles. The van der Waals surface area contributed by atoms with Crippen molar-refractivity contribution in [1.29, 1.82) is 0 Å². The minimum Gasteiger partial charge on any atom is -0.379 e. The molecule has 116 valence electrons. The molecular formula is C13H24N2O4S. The van der Waals surface area contributed by atoms with Crippen molar-refractivity contribution in [3.8, 4) is 0 Å². The van der Waals surface area contributed by atoms with Crippen LogP contribution in [0.15, 0.2) is 0 Å². The van der Waals surface area contributed by atoms with Crippen LogP contribution in [0.25, 0.3) is 0 Å². The standard InChI is InChI=1S/C13H24N2O4S/c1-14(20(2,17)18)10-12(16)15-8-4-3-6-13(15)7-5-9-19-11-13/h3-11H2,1-2H3/t13-/m0/s1. The van der Waals surface area contributed by atoms with Gasteiger partial charge in [0.25, 0.3) is 0 Å². The Morgan fingerprint density at radius 1 is 1.30 bits per heavy atom.